The summed E-state index contributed by atoms with van der Waals surface area (Å²) in [5.41, 5.74) is 3.08. The molecule has 1 heterocycles. The molecule has 0 bridgehead atoms. The number of hydrogen-bond donors (Lipinski definition) is 1. The predicted molar refractivity (Wildman–Crippen MR) is 102 cm³/mol. The van der Waals surface area contributed by atoms with Gasteiger partial charge in [0, 0.05) is 24.1 Å². The lowest BCUT2D eigenvalue weighted by Crippen LogP contribution is -2.39. The Morgan fingerprint density at radius 2 is 1.92 bits per heavy atom. The molecule has 1 aromatic heterocycles. The number of pyridine rings is 1. The standard InChI is InChI=1S/C21H27N3O/c1-15(16-8-7-13-22-14-16)24(17-11-12-17)20(25)23-19-10-6-5-9-18(19)21(2,3)4/h5-10,13-15,17H,11-12H2,1-4H3,(H,23,25)/t15-/m0/s1. The Morgan fingerprint density at radius 1 is 1.20 bits per heavy atom. The monoisotopic (exact) mass is 337 g/mol. The van der Waals surface area contributed by atoms with Crippen LogP contribution >= 0.6 is 0 Å². The van der Waals surface area contributed by atoms with Crippen molar-refractivity contribution in [1.29, 1.82) is 0 Å². The largest absolute Gasteiger partial charge is 0.322 e. The molecule has 4 nitrogen and oxygen atoms in total. The SMILES string of the molecule is C[C@@H](c1cccnc1)N(C(=O)Nc1ccccc1C(C)(C)C)C1CC1. The fourth-order valence-corrected chi connectivity index (χ4v) is 3.22. The van der Waals surface area contributed by atoms with Gasteiger partial charge >= 0.3 is 6.03 Å². The summed E-state index contributed by atoms with van der Waals surface area (Å²) in [5.74, 6) is 0. The van der Waals surface area contributed by atoms with Crippen LogP contribution in [0.25, 0.3) is 0 Å². The number of hydrogen-bond acceptors (Lipinski definition) is 2. The van der Waals surface area contributed by atoms with Crippen LogP contribution in [0.3, 0.4) is 0 Å². The lowest BCUT2D eigenvalue weighted by molar-refractivity contribution is 0.188. The van der Waals surface area contributed by atoms with Gasteiger partial charge in [0.2, 0.25) is 0 Å². The first-order valence-corrected chi connectivity index (χ1v) is 8.96. The molecule has 0 aliphatic heterocycles. The second-order valence-electron chi connectivity index (χ2n) is 7.83. The van der Waals surface area contributed by atoms with Gasteiger partial charge in [0.1, 0.15) is 0 Å². The van der Waals surface area contributed by atoms with E-state index in [9.17, 15) is 4.79 Å². The Bertz CT molecular complexity index is 732. The zero-order chi connectivity index (χ0) is 18.0. The third-order valence-electron chi connectivity index (χ3n) is 4.74. The van der Waals surface area contributed by atoms with E-state index < -0.39 is 0 Å². The first-order chi connectivity index (χ1) is 11.9. The summed E-state index contributed by atoms with van der Waals surface area (Å²) in [6.07, 6.45) is 5.74. The molecule has 1 aliphatic rings. The zero-order valence-electron chi connectivity index (χ0n) is 15.5. The van der Waals surface area contributed by atoms with E-state index >= 15 is 0 Å². The van der Waals surface area contributed by atoms with Crippen LogP contribution in [0.2, 0.25) is 0 Å². The van der Waals surface area contributed by atoms with E-state index in [1.54, 1.807) is 6.20 Å². The topological polar surface area (TPSA) is 45.2 Å². The average molecular weight is 337 g/mol. The number of nitrogens with one attached hydrogen (secondary N) is 1. The van der Waals surface area contributed by atoms with E-state index in [1.165, 1.54) is 0 Å². The normalized spacial score (nSPS) is 15.5. The quantitative estimate of drug-likeness (QED) is 0.840. The van der Waals surface area contributed by atoms with Crippen LogP contribution in [0.1, 0.15) is 57.7 Å². The number of anilines is 1. The minimum absolute atomic E-state index is 0.00278. The number of para-hydroxylation sites is 1. The Balaban J connectivity index is 1.84. The van der Waals surface area contributed by atoms with Crippen molar-refractivity contribution in [3.63, 3.8) is 0 Å². The van der Waals surface area contributed by atoms with Gasteiger partial charge < -0.3 is 10.2 Å². The fraction of sp³-hybridized carbons (Fsp3) is 0.429. The van der Waals surface area contributed by atoms with Gasteiger partial charge in [-0.15, -0.1) is 0 Å². The van der Waals surface area contributed by atoms with Gasteiger partial charge in [-0.1, -0.05) is 45.0 Å². The van der Waals surface area contributed by atoms with Gasteiger partial charge in [0.05, 0.1) is 6.04 Å². The maximum atomic E-state index is 13.1. The number of urea groups is 1. The fourth-order valence-electron chi connectivity index (χ4n) is 3.22. The minimum Gasteiger partial charge on any atom is -0.315 e. The first-order valence-electron chi connectivity index (χ1n) is 8.96. The van der Waals surface area contributed by atoms with Crippen LogP contribution < -0.4 is 5.32 Å². The Hall–Kier alpha value is -2.36. The molecule has 1 saturated carbocycles. The van der Waals surface area contributed by atoms with Crippen LogP contribution in [0.15, 0.2) is 48.8 Å². The smallest absolute Gasteiger partial charge is 0.315 e. The van der Waals surface area contributed by atoms with Gasteiger partial charge in [-0.25, -0.2) is 4.79 Å². The highest BCUT2D eigenvalue weighted by molar-refractivity contribution is 5.91. The molecule has 0 saturated heterocycles. The molecule has 4 heteroatoms. The van der Waals surface area contributed by atoms with Gasteiger partial charge in [-0.2, -0.15) is 0 Å². The van der Waals surface area contributed by atoms with Gasteiger partial charge in [0.25, 0.3) is 0 Å². The summed E-state index contributed by atoms with van der Waals surface area (Å²) < 4.78 is 0. The molecular weight excluding hydrogens is 310 g/mol. The summed E-state index contributed by atoms with van der Waals surface area (Å²) in [5, 5.41) is 3.16. The molecule has 1 aromatic carbocycles. The molecule has 2 amide bonds. The van der Waals surface area contributed by atoms with Crippen LogP contribution in [0.4, 0.5) is 10.5 Å². The van der Waals surface area contributed by atoms with Crippen molar-refractivity contribution in [2.45, 2.75) is 58.0 Å². The van der Waals surface area contributed by atoms with Crippen LogP contribution in [0.5, 0.6) is 0 Å². The highest BCUT2D eigenvalue weighted by Crippen LogP contribution is 2.36. The summed E-state index contributed by atoms with van der Waals surface area (Å²) >= 11 is 0. The van der Waals surface area contributed by atoms with E-state index in [-0.39, 0.29) is 17.5 Å². The van der Waals surface area contributed by atoms with Crippen molar-refractivity contribution in [2.24, 2.45) is 0 Å². The number of carbonyl (C=O) groups excluding carboxylic acids is 1. The van der Waals surface area contributed by atoms with Crippen molar-refractivity contribution >= 4 is 11.7 Å². The summed E-state index contributed by atoms with van der Waals surface area (Å²) in [4.78, 5) is 19.3. The molecule has 0 spiro atoms. The summed E-state index contributed by atoms with van der Waals surface area (Å²) in [6, 6.07) is 12.3. The molecule has 1 fully saturated rings. The number of nitrogens with zero attached hydrogens (tertiary/aromatic N) is 2. The number of benzene rings is 1. The van der Waals surface area contributed by atoms with Gasteiger partial charge in [-0.3, -0.25) is 4.98 Å². The van der Waals surface area contributed by atoms with Crippen LogP contribution in [-0.4, -0.2) is 22.0 Å². The summed E-state index contributed by atoms with van der Waals surface area (Å²) in [6.45, 7) is 8.56. The van der Waals surface area contributed by atoms with Crippen molar-refractivity contribution in [3.05, 3.63) is 59.9 Å². The van der Waals surface area contributed by atoms with E-state index in [2.05, 4.69) is 44.1 Å². The number of rotatable bonds is 4. The van der Waals surface area contributed by atoms with Crippen molar-refractivity contribution in [1.82, 2.24) is 9.88 Å². The van der Waals surface area contributed by atoms with Crippen molar-refractivity contribution in [3.8, 4) is 0 Å². The van der Waals surface area contributed by atoms with E-state index in [1.807, 2.05) is 41.4 Å². The van der Waals surface area contributed by atoms with Crippen LogP contribution in [-0.2, 0) is 5.41 Å². The second kappa shape index (κ2) is 6.87. The minimum atomic E-state index is -0.0319. The maximum absolute atomic E-state index is 13.1. The Morgan fingerprint density at radius 3 is 2.52 bits per heavy atom. The molecule has 1 N–H and O–H groups in total. The average Bonchev–Trinajstić information content (AvgIpc) is 3.40. The maximum Gasteiger partial charge on any atom is 0.322 e. The molecule has 132 valence electrons. The first kappa shape index (κ1) is 17.5. The van der Waals surface area contributed by atoms with E-state index in [4.69, 9.17) is 0 Å². The third kappa shape index (κ3) is 4.01. The molecule has 1 atom stereocenters. The number of amides is 2. The molecule has 0 unspecified atom stereocenters. The molecular formula is C21H27N3O. The molecule has 3 rings (SSSR count). The van der Waals surface area contributed by atoms with Crippen molar-refractivity contribution in [2.75, 3.05) is 5.32 Å². The highest BCUT2D eigenvalue weighted by atomic mass is 16.2. The zero-order valence-corrected chi connectivity index (χ0v) is 15.5. The highest BCUT2D eigenvalue weighted by Gasteiger charge is 2.36. The van der Waals surface area contributed by atoms with Crippen molar-refractivity contribution < 1.29 is 4.79 Å². The number of aromatic nitrogens is 1. The van der Waals surface area contributed by atoms with Gasteiger partial charge in [-0.05, 0) is 48.4 Å². The second-order valence-corrected chi connectivity index (χ2v) is 7.83. The Labute approximate surface area is 150 Å². The molecule has 0 radical (unpaired) electrons. The molecule has 2 aromatic rings. The lowest BCUT2D eigenvalue weighted by atomic mass is 9.86. The van der Waals surface area contributed by atoms with Crippen LogP contribution in [0, 0.1) is 0 Å². The third-order valence-corrected chi connectivity index (χ3v) is 4.74. The molecule has 1 aliphatic carbocycles. The van der Waals surface area contributed by atoms with E-state index in [0.717, 1.165) is 29.7 Å². The Kier molecular flexibility index (Phi) is 4.80. The number of carbonyl (C=O) groups is 1. The summed E-state index contributed by atoms with van der Waals surface area (Å²) in [7, 11) is 0. The molecule has 25 heavy (non-hydrogen) atoms. The lowest BCUT2D eigenvalue weighted by Gasteiger charge is -2.31. The predicted octanol–water partition coefficient (Wildman–Crippen LogP) is 5.14. The van der Waals surface area contributed by atoms with E-state index in [0.29, 0.717) is 6.04 Å². The van der Waals surface area contributed by atoms with Gasteiger partial charge in [0.15, 0.2) is 0 Å².